The van der Waals surface area contributed by atoms with Gasteiger partial charge in [0.15, 0.2) is 0 Å². The summed E-state index contributed by atoms with van der Waals surface area (Å²) in [7, 11) is 0. The Balaban J connectivity index is 2.07. The van der Waals surface area contributed by atoms with Crippen LogP contribution in [-0.2, 0) is 6.54 Å². The third-order valence-electron chi connectivity index (χ3n) is 4.54. The van der Waals surface area contributed by atoms with Crippen molar-refractivity contribution in [2.24, 2.45) is 4.99 Å². The molecule has 126 valence electrons. The van der Waals surface area contributed by atoms with Gasteiger partial charge in [-0.25, -0.2) is 8.78 Å². The molecular formula is C20H15ClF2N2. The highest BCUT2D eigenvalue weighted by atomic mass is 35.5. The van der Waals surface area contributed by atoms with E-state index in [1.165, 1.54) is 18.2 Å². The molecule has 25 heavy (non-hydrogen) atoms. The van der Waals surface area contributed by atoms with Crippen LogP contribution in [0.5, 0.6) is 0 Å². The van der Waals surface area contributed by atoms with Crippen molar-refractivity contribution >= 4 is 17.3 Å². The largest absolute Gasteiger partial charge is 0.315 e. The van der Waals surface area contributed by atoms with Crippen LogP contribution in [0.1, 0.15) is 28.1 Å². The molecule has 2 heterocycles. The molecule has 0 aliphatic carbocycles. The molecule has 3 aromatic rings. The van der Waals surface area contributed by atoms with E-state index in [0.717, 1.165) is 22.6 Å². The lowest BCUT2D eigenvalue weighted by Crippen LogP contribution is -2.11. The predicted molar refractivity (Wildman–Crippen MR) is 96.0 cm³/mol. The van der Waals surface area contributed by atoms with Crippen LogP contribution in [0.3, 0.4) is 0 Å². The third kappa shape index (κ3) is 2.48. The topological polar surface area (TPSA) is 17.3 Å². The number of hydrogen-bond acceptors (Lipinski definition) is 1. The number of hydrogen-bond donors (Lipinski definition) is 0. The van der Waals surface area contributed by atoms with E-state index in [0.29, 0.717) is 17.1 Å². The van der Waals surface area contributed by atoms with Crippen LogP contribution >= 0.6 is 11.6 Å². The maximum Gasteiger partial charge on any atom is 0.135 e. The van der Waals surface area contributed by atoms with Crippen LogP contribution in [0.25, 0.3) is 5.69 Å². The number of benzene rings is 2. The molecule has 0 bridgehead atoms. The SMILES string of the molecule is Cc1cc(C)n2c1CN=C(c1c(F)cccc1F)c1cc(Cl)ccc1-2. The van der Waals surface area contributed by atoms with Gasteiger partial charge in [0.2, 0.25) is 0 Å². The number of nitrogens with zero attached hydrogens (tertiary/aromatic N) is 2. The smallest absolute Gasteiger partial charge is 0.135 e. The van der Waals surface area contributed by atoms with E-state index in [9.17, 15) is 8.78 Å². The molecule has 0 radical (unpaired) electrons. The molecule has 0 atom stereocenters. The average molecular weight is 357 g/mol. The van der Waals surface area contributed by atoms with E-state index >= 15 is 0 Å². The average Bonchev–Trinajstić information content (AvgIpc) is 2.74. The van der Waals surface area contributed by atoms with Crippen molar-refractivity contribution < 1.29 is 8.78 Å². The molecular weight excluding hydrogens is 342 g/mol. The van der Waals surface area contributed by atoms with E-state index in [1.54, 1.807) is 12.1 Å². The summed E-state index contributed by atoms with van der Waals surface area (Å²) in [6, 6.07) is 11.3. The van der Waals surface area contributed by atoms with Gasteiger partial charge in [-0.2, -0.15) is 0 Å². The lowest BCUT2D eigenvalue weighted by Gasteiger charge is -2.15. The normalized spacial score (nSPS) is 13.1. The summed E-state index contributed by atoms with van der Waals surface area (Å²) in [4.78, 5) is 4.57. The lowest BCUT2D eigenvalue weighted by molar-refractivity contribution is 0.579. The number of rotatable bonds is 1. The molecule has 2 aromatic carbocycles. The van der Waals surface area contributed by atoms with Gasteiger partial charge in [0, 0.05) is 22.0 Å². The van der Waals surface area contributed by atoms with Crippen molar-refractivity contribution in [3.8, 4) is 5.69 Å². The Kier molecular flexibility index (Phi) is 3.73. The Morgan fingerprint density at radius 3 is 2.48 bits per heavy atom. The predicted octanol–water partition coefficient (Wildman–Crippen LogP) is 5.38. The fourth-order valence-corrected chi connectivity index (χ4v) is 3.62. The number of fused-ring (bicyclic) bond motifs is 3. The molecule has 2 nitrogen and oxygen atoms in total. The fraction of sp³-hybridized carbons (Fsp3) is 0.150. The molecule has 0 fully saturated rings. The highest BCUT2D eigenvalue weighted by Crippen LogP contribution is 2.32. The molecule has 0 N–H and O–H groups in total. The standard InChI is InChI=1S/C20H15ClF2N2/c1-11-8-12(2)25-17-7-6-13(21)9-14(17)20(24-10-18(11)25)19-15(22)4-3-5-16(19)23/h3-9H,10H2,1-2H3. The molecule has 0 saturated heterocycles. The molecule has 0 saturated carbocycles. The van der Waals surface area contributed by atoms with Crippen LogP contribution in [-0.4, -0.2) is 10.3 Å². The Morgan fingerprint density at radius 1 is 1.04 bits per heavy atom. The number of aliphatic imine (C=N–C) groups is 1. The minimum absolute atomic E-state index is 0.118. The molecule has 1 aliphatic heterocycles. The summed E-state index contributed by atoms with van der Waals surface area (Å²) < 4.78 is 30.9. The molecule has 0 unspecified atom stereocenters. The first-order valence-electron chi connectivity index (χ1n) is 7.94. The molecule has 0 amide bonds. The van der Waals surface area contributed by atoms with Crippen molar-refractivity contribution in [3.63, 3.8) is 0 Å². The summed E-state index contributed by atoms with van der Waals surface area (Å²) in [5.74, 6) is -1.27. The number of halogens is 3. The lowest BCUT2D eigenvalue weighted by atomic mass is 9.99. The zero-order chi connectivity index (χ0) is 17.7. The van der Waals surface area contributed by atoms with E-state index in [-0.39, 0.29) is 11.3 Å². The van der Waals surface area contributed by atoms with E-state index in [1.807, 2.05) is 19.9 Å². The Hall–Kier alpha value is -2.46. The minimum Gasteiger partial charge on any atom is -0.315 e. The van der Waals surface area contributed by atoms with Crippen molar-refractivity contribution in [1.29, 1.82) is 0 Å². The molecule has 1 aromatic heterocycles. The minimum atomic E-state index is -0.635. The Morgan fingerprint density at radius 2 is 1.76 bits per heavy atom. The monoisotopic (exact) mass is 356 g/mol. The molecule has 0 spiro atoms. The van der Waals surface area contributed by atoms with Gasteiger partial charge in [0.25, 0.3) is 0 Å². The zero-order valence-electron chi connectivity index (χ0n) is 13.8. The molecule has 5 heteroatoms. The van der Waals surface area contributed by atoms with Gasteiger partial charge >= 0.3 is 0 Å². The van der Waals surface area contributed by atoms with E-state index < -0.39 is 11.6 Å². The summed E-state index contributed by atoms with van der Waals surface area (Å²) >= 11 is 6.18. The number of aromatic nitrogens is 1. The maximum atomic E-state index is 14.4. The van der Waals surface area contributed by atoms with Gasteiger partial charge in [-0.05, 0) is 55.8 Å². The summed E-state index contributed by atoms with van der Waals surface area (Å²) in [5, 5.41) is 0.494. The van der Waals surface area contributed by atoms with Crippen molar-refractivity contribution in [1.82, 2.24) is 4.57 Å². The van der Waals surface area contributed by atoms with Crippen LogP contribution < -0.4 is 0 Å². The maximum absolute atomic E-state index is 14.4. The number of aryl methyl sites for hydroxylation is 2. The van der Waals surface area contributed by atoms with Gasteiger partial charge in [-0.1, -0.05) is 17.7 Å². The molecule has 4 rings (SSSR count). The Bertz CT molecular complexity index is 1010. The van der Waals surface area contributed by atoms with E-state index in [2.05, 4.69) is 15.6 Å². The fourth-order valence-electron chi connectivity index (χ4n) is 3.45. The van der Waals surface area contributed by atoms with Crippen molar-refractivity contribution in [3.05, 3.63) is 87.2 Å². The summed E-state index contributed by atoms with van der Waals surface area (Å²) in [6.07, 6.45) is 0. The van der Waals surface area contributed by atoms with Gasteiger partial charge in [0.1, 0.15) is 11.6 Å². The van der Waals surface area contributed by atoms with E-state index in [4.69, 9.17) is 11.6 Å². The first-order valence-corrected chi connectivity index (χ1v) is 8.32. The quantitative estimate of drug-likeness (QED) is 0.557. The Labute approximate surface area is 149 Å². The first-order chi connectivity index (χ1) is 12.0. The van der Waals surface area contributed by atoms with Gasteiger partial charge in [0.05, 0.1) is 23.5 Å². The second kappa shape index (κ2) is 5.81. The van der Waals surface area contributed by atoms with Gasteiger partial charge < -0.3 is 4.57 Å². The van der Waals surface area contributed by atoms with Gasteiger partial charge in [-0.15, -0.1) is 0 Å². The summed E-state index contributed by atoms with van der Waals surface area (Å²) in [6.45, 7) is 4.36. The summed E-state index contributed by atoms with van der Waals surface area (Å²) in [5.41, 5.74) is 4.76. The molecule has 1 aliphatic rings. The third-order valence-corrected chi connectivity index (χ3v) is 4.78. The first kappa shape index (κ1) is 16.0. The highest BCUT2D eigenvalue weighted by Gasteiger charge is 2.25. The van der Waals surface area contributed by atoms with Crippen molar-refractivity contribution in [2.75, 3.05) is 0 Å². The van der Waals surface area contributed by atoms with Crippen LogP contribution in [0.15, 0.2) is 47.5 Å². The van der Waals surface area contributed by atoms with Crippen LogP contribution in [0.2, 0.25) is 5.02 Å². The highest BCUT2D eigenvalue weighted by molar-refractivity contribution is 6.31. The zero-order valence-corrected chi connectivity index (χ0v) is 14.5. The second-order valence-electron chi connectivity index (χ2n) is 6.17. The van der Waals surface area contributed by atoms with Crippen LogP contribution in [0, 0.1) is 25.5 Å². The van der Waals surface area contributed by atoms with Gasteiger partial charge in [-0.3, -0.25) is 4.99 Å². The second-order valence-corrected chi connectivity index (χ2v) is 6.61. The van der Waals surface area contributed by atoms with Crippen molar-refractivity contribution in [2.45, 2.75) is 20.4 Å². The van der Waals surface area contributed by atoms with Crippen LogP contribution in [0.4, 0.5) is 8.78 Å².